The molecular weight excluding hydrogens is 216 g/mol. The Labute approximate surface area is 102 Å². The summed E-state index contributed by atoms with van der Waals surface area (Å²) in [5.41, 5.74) is 7.64. The van der Waals surface area contributed by atoms with Crippen LogP contribution in [0.1, 0.15) is 12.8 Å². The minimum Gasteiger partial charge on any atom is -0.409 e. The van der Waals surface area contributed by atoms with Gasteiger partial charge in [0.2, 0.25) is 0 Å². The molecular formula is C12H20N4O. The SMILES string of the molecule is CN(C)c1ccccc1NCCC/C(N)=N/O. The lowest BCUT2D eigenvalue weighted by Gasteiger charge is -2.18. The van der Waals surface area contributed by atoms with E-state index in [9.17, 15) is 0 Å². The number of hydrogen-bond donors (Lipinski definition) is 3. The summed E-state index contributed by atoms with van der Waals surface area (Å²) in [7, 11) is 4.02. The van der Waals surface area contributed by atoms with E-state index in [4.69, 9.17) is 10.9 Å². The molecule has 0 aliphatic rings. The van der Waals surface area contributed by atoms with E-state index in [1.54, 1.807) is 0 Å². The zero-order valence-corrected chi connectivity index (χ0v) is 10.3. The molecule has 5 heteroatoms. The molecule has 0 unspecified atom stereocenters. The molecule has 1 aromatic rings. The van der Waals surface area contributed by atoms with Gasteiger partial charge in [-0.05, 0) is 18.6 Å². The Kier molecular flexibility index (Phi) is 5.13. The number of hydrogen-bond acceptors (Lipinski definition) is 4. The summed E-state index contributed by atoms with van der Waals surface area (Å²) in [6.07, 6.45) is 1.42. The average Bonchev–Trinajstić information content (AvgIpc) is 2.34. The first-order chi connectivity index (χ1) is 8.15. The van der Waals surface area contributed by atoms with Crippen molar-refractivity contribution in [3.8, 4) is 0 Å². The third-order valence-electron chi connectivity index (χ3n) is 2.44. The van der Waals surface area contributed by atoms with E-state index in [0.29, 0.717) is 6.42 Å². The first-order valence-electron chi connectivity index (χ1n) is 5.61. The molecule has 0 heterocycles. The summed E-state index contributed by atoms with van der Waals surface area (Å²) in [5.74, 6) is 0.271. The van der Waals surface area contributed by atoms with Gasteiger partial charge in [0.15, 0.2) is 0 Å². The van der Waals surface area contributed by atoms with Crippen molar-refractivity contribution in [2.24, 2.45) is 10.9 Å². The summed E-state index contributed by atoms with van der Waals surface area (Å²) >= 11 is 0. The quantitative estimate of drug-likeness (QED) is 0.231. The number of nitrogens with zero attached hydrogens (tertiary/aromatic N) is 2. The number of benzene rings is 1. The molecule has 0 spiro atoms. The van der Waals surface area contributed by atoms with Crippen molar-refractivity contribution in [3.05, 3.63) is 24.3 Å². The van der Waals surface area contributed by atoms with Gasteiger partial charge in [-0.15, -0.1) is 0 Å². The highest BCUT2D eigenvalue weighted by Gasteiger charge is 2.02. The molecule has 1 aromatic carbocycles. The van der Waals surface area contributed by atoms with Crippen LogP contribution in [0.25, 0.3) is 0 Å². The maximum absolute atomic E-state index is 8.40. The zero-order chi connectivity index (χ0) is 12.7. The molecule has 4 N–H and O–H groups in total. The van der Waals surface area contributed by atoms with Gasteiger partial charge in [-0.3, -0.25) is 0 Å². The van der Waals surface area contributed by atoms with Crippen LogP contribution in [0.4, 0.5) is 11.4 Å². The fourth-order valence-corrected chi connectivity index (χ4v) is 1.56. The van der Waals surface area contributed by atoms with Crippen LogP contribution in [0, 0.1) is 0 Å². The summed E-state index contributed by atoms with van der Waals surface area (Å²) in [6.45, 7) is 0.793. The van der Waals surface area contributed by atoms with Crippen molar-refractivity contribution in [1.29, 1.82) is 0 Å². The molecule has 94 valence electrons. The smallest absolute Gasteiger partial charge is 0.139 e. The van der Waals surface area contributed by atoms with Crippen LogP contribution >= 0.6 is 0 Å². The van der Waals surface area contributed by atoms with Gasteiger partial charge in [-0.25, -0.2) is 0 Å². The van der Waals surface area contributed by atoms with Crippen LogP contribution < -0.4 is 16.0 Å². The number of nitrogens with two attached hydrogens (primary N) is 1. The topological polar surface area (TPSA) is 73.9 Å². The van der Waals surface area contributed by atoms with Crippen molar-refractivity contribution in [2.45, 2.75) is 12.8 Å². The standard InChI is InChI=1S/C12H20N4O/c1-16(2)11-7-4-3-6-10(11)14-9-5-8-12(13)15-17/h3-4,6-7,14,17H,5,8-9H2,1-2H3,(H2,13,15). The van der Waals surface area contributed by atoms with Crippen molar-refractivity contribution in [1.82, 2.24) is 0 Å². The number of rotatable bonds is 6. The van der Waals surface area contributed by atoms with E-state index in [2.05, 4.69) is 21.4 Å². The molecule has 0 aliphatic carbocycles. The summed E-state index contributed by atoms with van der Waals surface area (Å²) in [4.78, 5) is 2.06. The second kappa shape index (κ2) is 6.62. The van der Waals surface area contributed by atoms with Crippen molar-refractivity contribution < 1.29 is 5.21 Å². The Bertz CT molecular complexity index is 377. The second-order valence-corrected chi connectivity index (χ2v) is 4.03. The molecule has 0 amide bonds. The van der Waals surface area contributed by atoms with Crippen LogP contribution in [0.15, 0.2) is 29.4 Å². The van der Waals surface area contributed by atoms with Gasteiger partial charge in [-0.2, -0.15) is 0 Å². The molecule has 0 radical (unpaired) electrons. The lowest BCUT2D eigenvalue weighted by molar-refractivity contribution is 0.316. The monoisotopic (exact) mass is 236 g/mol. The zero-order valence-electron chi connectivity index (χ0n) is 10.3. The molecule has 0 aromatic heterocycles. The van der Waals surface area contributed by atoms with Gasteiger partial charge in [0.1, 0.15) is 5.84 Å². The molecule has 5 nitrogen and oxygen atoms in total. The van der Waals surface area contributed by atoms with Gasteiger partial charge in [0.25, 0.3) is 0 Å². The number of para-hydroxylation sites is 2. The van der Waals surface area contributed by atoms with Crippen LogP contribution in [-0.4, -0.2) is 31.7 Å². The van der Waals surface area contributed by atoms with Crippen molar-refractivity contribution in [3.63, 3.8) is 0 Å². The third-order valence-corrected chi connectivity index (χ3v) is 2.44. The van der Waals surface area contributed by atoms with Crippen molar-refractivity contribution >= 4 is 17.2 Å². The molecule has 0 saturated carbocycles. The molecule has 1 rings (SSSR count). The predicted molar refractivity (Wildman–Crippen MR) is 71.9 cm³/mol. The minimum absolute atomic E-state index is 0.271. The predicted octanol–water partition coefficient (Wildman–Crippen LogP) is 1.69. The minimum atomic E-state index is 0.271. The number of anilines is 2. The van der Waals surface area contributed by atoms with E-state index in [0.717, 1.165) is 24.3 Å². The van der Waals surface area contributed by atoms with Crippen LogP contribution in [0.3, 0.4) is 0 Å². The molecule has 0 aliphatic heterocycles. The third kappa shape index (κ3) is 4.22. The maximum atomic E-state index is 8.40. The van der Waals surface area contributed by atoms with E-state index in [1.807, 2.05) is 32.3 Å². The molecule has 0 fully saturated rings. The largest absolute Gasteiger partial charge is 0.409 e. The van der Waals surface area contributed by atoms with E-state index in [1.165, 1.54) is 0 Å². The highest BCUT2D eigenvalue weighted by molar-refractivity contribution is 5.79. The summed E-state index contributed by atoms with van der Waals surface area (Å²) < 4.78 is 0. The first kappa shape index (κ1) is 13.2. The Balaban J connectivity index is 2.46. The Morgan fingerprint density at radius 2 is 2.12 bits per heavy atom. The second-order valence-electron chi connectivity index (χ2n) is 4.03. The van der Waals surface area contributed by atoms with E-state index >= 15 is 0 Å². The molecule has 0 atom stereocenters. The Morgan fingerprint density at radius 1 is 1.41 bits per heavy atom. The fourth-order valence-electron chi connectivity index (χ4n) is 1.56. The lowest BCUT2D eigenvalue weighted by Crippen LogP contribution is -2.15. The van der Waals surface area contributed by atoms with Gasteiger partial charge in [0, 0.05) is 27.1 Å². The molecule has 0 bridgehead atoms. The normalized spacial score (nSPS) is 11.3. The average molecular weight is 236 g/mol. The van der Waals surface area contributed by atoms with Crippen LogP contribution in [0.5, 0.6) is 0 Å². The molecule has 17 heavy (non-hydrogen) atoms. The fraction of sp³-hybridized carbons (Fsp3) is 0.417. The van der Waals surface area contributed by atoms with E-state index < -0.39 is 0 Å². The van der Waals surface area contributed by atoms with Crippen LogP contribution in [-0.2, 0) is 0 Å². The van der Waals surface area contributed by atoms with Gasteiger partial charge < -0.3 is 21.2 Å². The lowest BCUT2D eigenvalue weighted by atomic mass is 10.2. The summed E-state index contributed by atoms with van der Waals surface area (Å²) in [5, 5.41) is 14.7. The number of oxime groups is 1. The molecule has 0 saturated heterocycles. The van der Waals surface area contributed by atoms with Gasteiger partial charge in [0.05, 0.1) is 11.4 Å². The highest BCUT2D eigenvalue weighted by atomic mass is 16.4. The van der Waals surface area contributed by atoms with Gasteiger partial charge >= 0.3 is 0 Å². The first-order valence-corrected chi connectivity index (χ1v) is 5.61. The maximum Gasteiger partial charge on any atom is 0.139 e. The van der Waals surface area contributed by atoms with Gasteiger partial charge in [-0.1, -0.05) is 17.3 Å². The Morgan fingerprint density at radius 3 is 2.76 bits per heavy atom. The Hall–Kier alpha value is -1.91. The number of amidine groups is 1. The number of nitrogens with one attached hydrogen (secondary N) is 1. The highest BCUT2D eigenvalue weighted by Crippen LogP contribution is 2.23. The van der Waals surface area contributed by atoms with E-state index in [-0.39, 0.29) is 5.84 Å². The summed E-state index contributed by atoms with van der Waals surface area (Å²) in [6, 6.07) is 8.11. The van der Waals surface area contributed by atoms with Crippen LogP contribution in [0.2, 0.25) is 0 Å². The van der Waals surface area contributed by atoms with Crippen molar-refractivity contribution in [2.75, 3.05) is 30.9 Å².